The number of carboxylic acid groups (broad SMARTS) is 1. The van der Waals surface area contributed by atoms with Crippen LogP contribution in [0.25, 0.3) is 0 Å². The molecule has 2 rings (SSSR count). The van der Waals surface area contributed by atoms with E-state index in [1.165, 1.54) is 11.3 Å². The summed E-state index contributed by atoms with van der Waals surface area (Å²) < 4.78 is 13.0. The number of carboxylic acids is 1. The van der Waals surface area contributed by atoms with Crippen LogP contribution in [0.5, 0.6) is 0 Å². The maximum Gasteiger partial charge on any atom is 0.310 e. The fraction of sp³-hybridized carbons (Fsp3) is 0.556. The molecular weight excluding hydrogens is 205 g/mol. The predicted octanol–water partition coefficient (Wildman–Crippen LogP) is 1.60. The number of aryl methyl sites for hydroxylation is 1. The van der Waals surface area contributed by atoms with E-state index < -0.39 is 12.1 Å². The van der Waals surface area contributed by atoms with E-state index in [1.54, 1.807) is 0 Å². The monoisotopic (exact) mass is 215 g/mol. The van der Waals surface area contributed by atoms with Crippen molar-refractivity contribution in [3.8, 4) is 0 Å². The maximum absolute atomic E-state index is 13.0. The van der Waals surface area contributed by atoms with Gasteiger partial charge in [-0.25, -0.2) is 9.37 Å². The minimum absolute atomic E-state index is 0.0470. The Bertz CT molecular complexity index is 364. The Kier molecular flexibility index (Phi) is 2.50. The number of fused-ring (bicyclic) bond motifs is 1. The third kappa shape index (κ3) is 1.92. The largest absolute Gasteiger partial charge is 0.481 e. The van der Waals surface area contributed by atoms with Crippen LogP contribution < -0.4 is 0 Å². The molecule has 0 fully saturated rings. The Morgan fingerprint density at radius 2 is 2.50 bits per heavy atom. The molecule has 0 bridgehead atoms. The van der Waals surface area contributed by atoms with Crippen molar-refractivity contribution in [2.24, 2.45) is 0 Å². The number of alkyl halides is 1. The van der Waals surface area contributed by atoms with Crippen molar-refractivity contribution in [1.82, 2.24) is 4.98 Å². The summed E-state index contributed by atoms with van der Waals surface area (Å²) in [5.41, 5.74) is 0.903. The van der Waals surface area contributed by atoms with Crippen molar-refractivity contribution in [3.05, 3.63) is 15.6 Å². The lowest BCUT2D eigenvalue weighted by Gasteiger charge is -2.12. The molecule has 1 aliphatic rings. The van der Waals surface area contributed by atoms with Crippen LogP contribution >= 0.6 is 11.3 Å². The lowest BCUT2D eigenvalue weighted by atomic mass is 10.0. The Hall–Kier alpha value is -0.970. The minimum Gasteiger partial charge on any atom is -0.481 e. The Morgan fingerprint density at radius 1 is 1.71 bits per heavy atom. The van der Waals surface area contributed by atoms with Crippen molar-refractivity contribution in [2.75, 3.05) is 0 Å². The number of hydrogen-bond donors (Lipinski definition) is 1. The number of aromatic nitrogens is 1. The molecule has 1 aromatic heterocycles. The van der Waals surface area contributed by atoms with Gasteiger partial charge in [-0.15, -0.1) is 11.3 Å². The first-order valence-electron chi connectivity index (χ1n) is 4.48. The molecule has 0 aromatic carbocycles. The third-order valence-corrected chi connectivity index (χ3v) is 3.35. The number of halogens is 1. The highest BCUT2D eigenvalue weighted by Gasteiger charge is 2.22. The zero-order valence-corrected chi connectivity index (χ0v) is 8.31. The SMILES string of the molecule is O=C(O)Cc1nc2c(s1)CC(F)CC2. The van der Waals surface area contributed by atoms with Crippen molar-refractivity contribution in [1.29, 1.82) is 0 Å². The number of nitrogens with zero attached hydrogens (tertiary/aromatic N) is 1. The summed E-state index contributed by atoms with van der Waals surface area (Å²) in [5.74, 6) is -0.882. The topological polar surface area (TPSA) is 50.2 Å². The average Bonchev–Trinajstić information content (AvgIpc) is 2.44. The van der Waals surface area contributed by atoms with Gasteiger partial charge in [-0.1, -0.05) is 0 Å². The highest BCUT2D eigenvalue weighted by Crippen LogP contribution is 2.28. The van der Waals surface area contributed by atoms with Gasteiger partial charge in [0.2, 0.25) is 0 Å². The van der Waals surface area contributed by atoms with Gasteiger partial charge in [-0.05, 0) is 12.8 Å². The van der Waals surface area contributed by atoms with Gasteiger partial charge in [0, 0.05) is 11.3 Å². The smallest absolute Gasteiger partial charge is 0.310 e. The molecule has 1 aliphatic carbocycles. The zero-order chi connectivity index (χ0) is 10.1. The summed E-state index contributed by atoms with van der Waals surface area (Å²) in [7, 11) is 0. The molecule has 5 heteroatoms. The highest BCUT2D eigenvalue weighted by molar-refractivity contribution is 7.11. The summed E-state index contributed by atoms with van der Waals surface area (Å²) in [6.07, 6.45) is 0.748. The van der Waals surface area contributed by atoms with Crippen molar-refractivity contribution in [2.45, 2.75) is 31.9 Å². The molecule has 14 heavy (non-hydrogen) atoms. The predicted molar refractivity (Wildman–Crippen MR) is 50.4 cm³/mol. The van der Waals surface area contributed by atoms with E-state index >= 15 is 0 Å². The quantitative estimate of drug-likeness (QED) is 0.815. The summed E-state index contributed by atoms with van der Waals surface area (Å²) >= 11 is 1.34. The first-order valence-corrected chi connectivity index (χ1v) is 5.30. The standard InChI is InChI=1S/C9H10FNO2S/c10-5-1-2-6-7(3-5)14-8(11-6)4-9(12)13/h5H,1-4H2,(H,12,13). The number of carbonyl (C=O) groups is 1. The van der Waals surface area contributed by atoms with Gasteiger partial charge in [0.1, 0.15) is 11.2 Å². The van der Waals surface area contributed by atoms with Gasteiger partial charge >= 0.3 is 5.97 Å². The second-order valence-electron chi connectivity index (χ2n) is 3.39. The molecule has 3 nitrogen and oxygen atoms in total. The van der Waals surface area contributed by atoms with Gasteiger partial charge in [0.05, 0.1) is 12.1 Å². The van der Waals surface area contributed by atoms with Gasteiger partial charge in [-0.3, -0.25) is 4.79 Å². The van der Waals surface area contributed by atoms with E-state index in [9.17, 15) is 9.18 Å². The van der Waals surface area contributed by atoms with E-state index in [1.807, 2.05) is 0 Å². The molecule has 0 aliphatic heterocycles. The second kappa shape index (κ2) is 3.65. The van der Waals surface area contributed by atoms with Gasteiger partial charge < -0.3 is 5.11 Å². The summed E-state index contributed by atoms with van der Waals surface area (Å²) in [6, 6.07) is 0. The van der Waals surface area contributed by atoms with Crippen LogP contribution in [0.1, 0.15) is 22.0 Å². The van der Waals surface area contributed by atoms with E-state index in [2.05, 4.69) is 4.98 Å². The van der Waals surface area contributed by atoms with Crippen LogP contribution in [0, 0.1) is 0 Å². The van der Waals surface area contributed by atoms with Crippen molar-refractivity contribution >= 4 is 17.3 Å². The van der Waals surface area contributed by atoms with E-state index in [0.29, 0.717) is 24.3 Å². The van der Waals surface area contributed by atoms with Gasteiger partial charge in [-0.2, -0.15) is 0 Å². The molecule has 0 saturated carbocycles. The highest BCUT2D eigenvalue weighted by atomic mass is 32.1. The summed E-state index contributed by atoms with van der Waals surface area (Å²) in [5, 5.41) is 9.17. The fourth-order valence-electron chi connectivity index (χ4n) is 1.59. The Morgan fingerprint density at radius 3 is 3.21 bits per heavy atom. The average molecular weight is 215 g/mol. The molecule has 76 valence electrons. The Labute approximate surface area is 84.6 Å². The van der Waals surface area contributed by atoms with Crippen molar-refractivity contribution in [3.63, 3.8) is 0 Å². The van der Waals surface area contributed by atoms with Crippen LogP contribution in [-0.4, -0.2) is 22.2 Å². The first-order chi connectivity index (χ1) is 6.65. The molecule has 0 spiro atoms. The van der Waals surface area contributed by atoms with Crippen LogP contribution in [0.3, 0.4) is 0 Å². The first kappa shape index (κ1) is 9.58. The Balaban J connectivity index is 2.19. The van der Waals surface area contributed by atoms with Gasteiger partial charge in [0.25, 0.3) is 0 Å². The van der Waals surface area contributed by atoms with Crippen LogP contribution in [0.2, 0.25) is 0 Å². The third-order valence-electron chi connectivity index (χ3n) is 2.23. The number of aliphatic carboxylic acids is 1. The molecule has 1 heterocycles. The molecule has 0 amide bonds. The number of hydrogen-bond acceptors (Lipinski definition) is 3. The normalized spacial score (nSPS) is 20.5. The van der Waals surface area contributed by atoms with E-state index in [0.717, 1.165) is 10.6 Å². The fourth-order valence-corrected chi connectivity index (χ4v) is 2.76. The maximum atomic E-state index is 13.0. The van der Waals surface area contributed by atoms with Crippen LogP contribution in [0.15, 0.2) is 0 Å². The summed E-state index contributed by atoms with van der Waals surface area (Å²) in [4.78, 5) is 15.6. The molecule has 0 saturated heterocycles. The lowest BCUT2D eigenvalue weighted by Crippen LogP contribution is -2.12. The van der Waals surface area contributed by atoms with E-state index in [4.69, 9.17) is 5.11 Å². The van der Waals surface area contributed by atoms with Crippen LogP contribution in [-0.2, 0) is 24.1 Å². The van der Waals surface area contributed by atoms with E-state index in [-0.39, 0.29) is 6.42 Å². The van der Waals surface area contributed by atoms with Crippen molar-refractivity contribution < 1.29 is 14.3 Å². The molecular formula is C9H10FNO2S. The zero-order valence-electron chi connectivity index (χ0n) is 7.49. The molecule has 1 N–H and O–H groups in total. The van der Waals surface area contributed by atoms with Crippen LogP contribution in [0.4, 0.5) is 4.39 Å². The summed E-state index contributed by atoms with van der Waals surface area (Å²) in [6.45, 7) is 0. The number of rotatable bonds is 2. The number of thiazole rings is 1. The molecule has 0 radical (unpaired) electrons. The molecule has 1 atom stereocenters. The lowest BCUT2D eigenvalue weighted by molar-refractivity contribution is -0.136. The second-order valence-corrected chi connectivity index (χ2v) is 4.56. The van der Waals surface area contributed by atoms with Gasteiger partial charge in [0.15, 0.2) is 0 Å². The molecule has 1 aromatic rings. The molecule has 1 unspecified atom stereocenters. The minimum atomic E-state index is -0.882.